The first kappa shape index (κ1) is 25.5. The predicted octanol–water partition coefficient (Wildman–Crippen LogP) is 3.88. The van der Waals surface area contributed by atoms with Gasteiger partial charge in [-0.3, -0.25) is 14.5 Å². The summed E-state index contributed by atoms with van der Waals surface area (Å²) < 4.78 is 11.0. The molecule has 1 aromatic carbocycles. The van der Waals surface area contributed by atoms with Gasteiger partial charge >= 0.3 is 0 Å². The molecule has 2 aromatic heterocycles. The van der Waals surface area contributed by atoms with E-state index in [1.807, 2.05) is 18.2 Å². The van der Waals surface area contributed by atoms with Crippen LogP contribution in [0.15, 0.2) is 61.9 Å². The minimum Gasteiger partial charge on any atom is -0.496 e. The monoisotopic (exact) mass is 549 g/mol. The van der Waals surface area contributed by atoms with Gasteiger partial charge in [0.15, 0.2) is 15.9 Å². The second-order valence-corrected chi connectivity index (χ2v) is 10.7. The zero-order chi connectivity index (χ0) is 26.8. The quantitative estimate of drug-likeness (QED) is 0.412. The van der Waals surface area contributed by atoms with Crippen LogP contribution in [0.1, 0.15) is 36.5 Å². The molecule has 3 aromatic rings. The molecule has 1 aliphatic carbocycles. The van der Waals surface area contributed by atoms with E-state index in [1.165, 1.54) is 23.1 Å². The minimum absolute atomic E-state index is 0.0358. The van der Waals surface area contributed by atoms with Crippen molar-refractivity contribution in [2.24, 2.45) is 5.73 Å². The van der Waals surface area contributed by atoms with Gasteiger partial charge in [-0.1, -0.05) is 46.5 Å². The number of nitrogens with zero attached hydrogens (tertiary/aromatic N) is 5. The standard InChI is InChI=1S/C25H23N7O4S2/c1-13-10-19(31-36-13)28-20(34)12-37-25-30-29-24(38-25)32-16-7-5-8-17(33)22(16)21(15(11-26)23(32)27)14-6-3-4-9-18(14)35-2/h3-4,6,9-10,21H,5,7-8,12,27H2,1-2H3,(H,28,31,34). The molecule has 1 aliphatic heterocycles. The van der Waals surface area contributed by atoms with Crippen molar-refractivity contribution < 1.29 is 18.8 Å². The van der Waals surface area contributed by atoms with Crippen molar-refractivity contribution in [2.75, 3.05) is 23.1 Å². The number of allylic oxidation sites excluding steroid dienone is 3. The van der Waals surface area contributed by atoms with Crippen LogP contribution in [0, 0.1) is 18.3 Å². The van der Waals surface area contributed by atoms with Crippen molar-refractivity contribution in [1.82, 2.24) is 15.4 Å². The van der Waals surface area contributed by atoms with Gasteiger partial charge in [0.25, 0.3) is 0 Å². The Morgan fingerprint density at radius 1 is 1.37 bits per heavy atom. The summed E-state index contributed by atoms with van der Waals surface area (Å²) in [6.07, 6.45) is 1.63. The minimum atomic E-state index is -0.638. The van der Waals surface area contributed by atoms with Crippen LogP contribution in [-0.4, -0.2) is 39.9 Å². The Hall–Kier alpha value is -4.15. The lowest BCUT2D eigenvalue weighted by molar-refractivity contribution is -0.116. The van der Waals surface area contributed by atoms with Gasteiger partial charge in [0, 0.05) is 29.3 Å². The van der Waals surface area contributed by atoms with Crippen molar-refractivity contribution >= 4 is 45.7 Å². The molecule has 0 fully saturated rings. The molecule has 0 radical (unpaired) electrons. The molecule has 1 atom stereocenters. The molecule has 38 heavy (non-hydrogen) atoms. The predicted molar refractivity (Wildman–Crippen MR) is 141 cm³/mol. The number of hydrogen-bond acceptors (Lipinski definition) is 12. The van der Waals surface area contributed by atoms with Gasteiger partial charge in [0.05, 0.1) is 30.4 Å². The van der Waals surface area contributed by atoms with Crippen molar-refractivity contribution in [3.8, 4) is 11.8 Å². The van der Waals surface area contributed by atoms with E-state index in [0.29, 0.717) is 62.9 Å². The number of Topliss-reactive ketones (excluding diaryl/α,β-unsaturated/α-hetero) is 1. The van der Waals surface area contributed by atoms with Gasteiger partial charge in [0.2, 0.25) is 11.0 Å². The Labute approximate surface area is 226 Å². The number of nitrogens with two attached hydrogens (primary N) is 1. The number of aromatic nitrogens is 3. The number of carbonyl (C=O) groups is 2. The SMILES string of the molecule is COc1ccccc1C1C(C#N)=C(N)N(c2nnc(SCC(=O)Nc3cc(C)on3)s2)C2=C1C(=O)CCC2. The highest BCUT2D eigenvalue weighted by Crippen LogP contribution is 2.48. The highest BCUT2D eigenvalue weighted by Gasteiger charge is 2.42. The molecule has 1 unspecified atom stereocenters. The Morgan fingerprint density at radius 2 is 2.18 bits per heavy atom. The molecular weight excluding hydrogens is 526 g/mol. The van der Waals surface area contributed by atoms with Gasteiger partial charge < -0.3 is 20.3 Å². The number of ketones is 1. The summed E-state index contributed by atoms with van der Waals surface area (Å²) in [5.74, 6) is 0.839. The molecule has 0 saturated carbocycles. The molecule has 3 N–H and O–H groups in total. The number of hydrogen-bond donors (Lipinski definition) is 2. The lowest BCUT2D eigenvalue weighted by Crippen LogP contribution is -2.38. The fourth-order valence-corrected chi connectivity index (χ4v) is 6.28. The number of thioether (sulfide) groups is 1. The Morgan fingerprint density at radius 3 is 2.92 bits per heavy atom. The van der Waals surface area contributed by atoms with E-state index >= 15 is 0 Å². The number of benzene rings is 1. The summed E-state index contributed by atoms with van der Waals surface area (Å²) >= 11 is 2.43. The van der Waals surface area contributed by atoms with Crippen molar-refractivity contribution in [1.29, 1.82) is 5.26 Å². The Bertz CT molecular complexity index is 1520. The first-order valence-electron chi connectivity index (χ1n) is 11.7. The fraction of sp³-hybridized carbons (Fsp3) is 0.280. The van der Waals surface area contributed by atoms with Crippen LogP contribution in [0.25, 0.3) is 0 Å². The topological polar surface area (TPSA) is 160 Å². The molecule has 11 nitrogen and oxygen atoms in total. The molecule has 0 spiro atoms. The number of rotatable bonds is 7. The zero-order valence-electron chi connectivity index (χ0n) is 20.6. The van der Waals surface area contributed by atoms with Crippen molar-refractivity contribution in [2.45, 2.75) is 36.4 Å². The van der Waals surface area contributed by atoms with Crippen molar-refractivity contribution in [3.05, 3.63) is 64.3 Å². The summed E-state index contributed by atoms with van der Waals surface area (Å²) in [7, 11) is 1.55. The number of aryl methyl sites for hydroxylation is 1. The molecule has 13 heteroatoms. The fourth-order valence-electron chi connectivity index (χ4n) is 4.60. The normalized spacial score (nSPS) is 17.3. The van der Waals surface area contributed by atoms with Crippen LogP contribution >= 0.6 is 23.1 Å². The highest BCUT2D eigenvalue weighted by molar-refractivity contribution is 8.01. The van der Waals surface area contributed by atoms with E-state index in [2.05, 4.69) is 26.7 Å². The number of anilines is 2. The Kier molecular flexibility index (Phi) is 7.17. The molecule has 0 saturated heterocycles. The Balaban J connectivity index is 1.46. The van der Waals surface area contributed by atoms with Crippen LogP contribution in [0.5, 0.6) is 5.75 Å². The summed E-state index contributed by atoms with van der Waals surface area (Å²) in [6.45, 7) is 1.73. The maximum atomic E-state index is 13.3. The average Bonchev–Trinajstić information content (AvgIpc) is 3.55. The van der Waals surface area contributed by atoms with E-state index in [4.69, 9.17) is 15.0 Å². The largest absolute Gasteiger partial charge is 0.496 e. The van der Waals surface area contributed by atoms with Crippen LogP contribution in [-0.2, 0) is 9.59 Å². The molecule has 2 aliphatic rings. The van der Waals surface area contributed by atoms with Crippen LogP contribution < -0.4 is 20.7 Å². The average molecular weight is 550 g/mol. The number of ether oxygens (including phenoxy) is 1. The second-order valence-electron chi connectivity index (χ2n) is 8.57. The van der Waals surface area contributed by atoms with Gasteiger partial charge in [-0.05, 0) is 25.8 Å². The number of amides is 1. The second kappa shape index (κ2) is 10.7. The summed E-state index contributed by atoms with van der Waals surface area (Å²) in [5, 5.41) is 25.5. The summed E-state index contributed by atoms with van der Waals surface area (Å²) in [4.78, 5) is 27.3. The van der Waals surface area contributed by atoms with Gasteiger partial charge in [0.1, 0.15) is 17.3 Å². The molecule has 5 rings (SSSR count). The van der Waals surface area contributed by atoms with E-state index < -0.39 is 5.92 Å². The third kappa shape index (κ3) is 4.75. The van der Waals surface area contributed by atoms with Gasteiger partial charge in [-0.15, -0.1) is 10.2 Å². The van der Waals surface area contributed by atoms with E-state index in [0.717, 1.165) is 0 Å². The number of nitrogens with one attached hydrogen (secondary N) is 1. The molecule has 3 heterocycles. The van der Waals surface area contributed by atoms with Gasteiger partial charge in [-0.2, -0.15) is 5.26 Å². The lowest BCUT2D eigenvalue weighted by atomic mass is 9.75. The number of carbonyl (C=O) groups excluding carboxylic acids is 2. The number of para-hydroxylation sites is 1. The maximum Gasteiger partial charge on any atom is 0.236 e. The first-order valence-corrected chi connectivity index (χ1v) is 13.5. The van der Waals surface area contributed by atoms with E-state index in [9.17, 15) is 14.9 Å². The van der Waals surface area contributed by atoms with Crippen LogP contribution in [0.3, 0.4) is 0 Å². The summed E-state index contributed by atoms with van der Waals surface area (Å²) in [6, 6.07) is 11.2. The van der Waals surface area contributed by atoms with Crippen molar-refractivity contribution in [3.63, 3.8) is 0 Å². The smallest absolute Gasteiger partial charge is 0.236 e. The van der Waals surface area contributed by atoms with Gasteiger partial charge in [-0.25, -0.2) is 0 Å². The number of nitriles is 1. The van der Waals surface area contributed by atoms with E-state index in [1.54, 1.807) is 31.1 Å². The summed E-state index contributed by atoms with van der Waals surface area (Å²) in [5.41, 5.74) is 8.79. The van der Waals surface area contributed by atoms with Crippen LogP contribution in [0.4, 0.5) is 10.9 Å². The number of methoxy groups -OCH3 is 1. The first-order chi connectivity index (χ1) is 18.4. The molecule has 0 bridgehead atoms. The van der Waals surface area contributed by atoms with Crippen LogP contribution in [0.2, 0.25) is 0 Å². The molecule has 194 valence electrons. The highest BCUT2D eigenvalue weighted by atomic mass is 32.2. The maximum absolute atomic E-state index is 13.3. The molecule has 1 amide bonds. The van der Waals surface area contributed by atoms with E-state index in [-0.39, 0.29) is 28.8 Å². The third-order valence-electron chi connectivity index (χ3n) is 6.17. The zero-order valence-corrected chi connectivity index (χ0v) is 22.2. The molecular formula is C25H23N7O4S2. The third-order valence-corrected chi connectivity index (χ3v) is 8.21. The lowest BCUT2D eigenvalue weighted by Gasteiger charge is -2.38.